The monoisotopic (exact) mass is 247 g/mol. The van der Waals surface area contributed by atoms with E-state index in [4.69, 9.17) is 0 Å². The molecule has 1 aliphatic heterocycles. The summed E-state index contributed by atoms with van der Waals surface area (Å²) in [6, 6.07) is 0. The Hall–Kier alpha value is -0.0300. The van der Waals surface area contributed by atoms with Gasteiger partial charge in [-0.15, -0.1) is 0 Å². The Labute approximate surface area is 101 Å². The molecule has 0 aliphatic carbocycles. The quantitative estimate of drug-likeness (QED) is 0.582. The maximum absolute atomic E-state index is 4.59. The lowest BCUT2D eigenvalue weighted by Crippen LogP contribution is -2.37. The molecule has 0 aromatic carbocycles. The Morgan fingerprint density at radius 3 is 2.53 bits per heavy atom. The molecule has 0 aromatic rings. The standard InChI is InChI=1S/C10H21N3S2/c1-3-11-10(12-4-2)13-7-9-8-14-5-6-15-9/h9H,3-8H2,1-2H3,(H2,11,12,13). The molecule has 0 saturated carbocycles. The molecule has 0 bridgehead atoms. The molecule has 0 radical (unpaired) electrons. The van der Waals surface area contributed by atoms with Crippen molar-refractivity contribution in [2.24, 2.45) is 4.99 Å². The van der Waals surface area contributed by atoms with Crippen LogP contribution in [-0.2, 0) is 0 Å². The van der Waals surface area contributed by atoms with E-state index in [2.05, 4.69) is 53.0 Å². The zero-order chi connectivity index (χ0) is 10.9. The summed E-state index contributed by atoms with van der Waals surface area (Å²) in [6.45, 7) is 6.99. The Kier molecular flexibility index (Phi) is 7.09. The molecular weight excluding hydrogens is 226 g/mol. The lowest BCUT2D eigenvalue weighted by atomic mass is 10.5. The van der Waals surface area contributed by atoms with Crippen LogP contribution in [0.4, 0.5) is 0 Å². The summed E-state index contributed by atoms with van der Waals surface area (Å²) < 4.78 is 0. The van der Waals surface area contributed by atoms with Crippen molar-refractivity contribution in [1.29, 1.82) is 0 Å². The van der Waals surface area contributed by atoms with Crippen LogP contribution >= 0.6 is 23.5 Å². The van der Waals surface area contributed by atoms with Crippen LogP contribution in [0.1, 0.15) is 13.8 Å². The van der Waals surface area contributed by atoms with Crippen LogP contribution in [0.3, 0.4) is 0 Å². The first-order valence-electron chi connectivity index (χ1n) is 5.58. The van der Waals surface area contributed by atoms with Crippen molar-refractivity contribution >= 4 is 29.5 Å². The second kappa shape index (κ2) is 8.16. The van der Waals surface area contributed by atoms with Gasteiger partial charge in [0.25, 0.3) is 0 Å². The number of nitrogens with one attached hydrogen (secondary N) is 2. The predicted octanol–water partition coefficient (Wildman–Crippen LogP) is 1.41. The molecule has 2 N–H and O–H groups in total. The van der Waals surface area contributed by atoms with Gasteiger partial charge in [-0.25, -0.2) is 0 Å². The van der Waals surface area contributed by atoms with E-state index in [-0.39, 0.29) is 0 Å². The van der Waals surface area contributed by atoms with Gasteiger partial charge >= 0.3 is 0 Å². The highest BCUT2D eigenvalue weighted by molar-refractivity contribution is 8.06. The fourth-order valence-corrected chi connectivity index (χ4v) is 3.92. The first kappa shape index (κ1) is 13.0. The summed E-state index contributed by atoms with van der Waals surface area (Å²) >= 11 is 4.11. The topological polar surface area (TPSA) is 36.4 Å². The average Bonchev–Trinajstić information content (AvgIpc) is 2.28. The van der Waals surface area contributed by atoms with Crippen LogP contribution in [0.15, 0.2) is 4.99 Å². The van der Waals surface area contributed by atoms with Crippen molar-refractivity contribution in [3.05, 3.63) is 0 Å². The van der Waals surface area contributed by atoms with Gasteiger partial charge in [0, 0.05) is 35.6 Å². The zero-order valence-electron chi connectivity index (χ0n) is 9.58. The van der Waals surface area contributed by atoms with Crippen LogP contribution in [0, 0.1) is 0 Å². The van der Waals surface area contributed by atoms with Gasteiger partial charge in [-0.05, 0) is 13.8 Å². The average molecular weight is 247 g/mol. The molecule has 1 saturated heterocycles. The van der Waals surface area contributed by atoms with Gasteiger partial charge in [-0.1, -0.05) is 0 Å². The number of guanidine groups is 1. The van der Waals surface area contributed by atoms with Crippen LogP contribution in [0.5, 0.6) is 0 Å². The summed E-state index contributed by atoms with van der Waals surface area (Å²) in [4.78, 5) is 4.59. The number of aliphatic imine (C=N–C) groups is 1. The fraction of sp³-hybridized carbons (Fsp3) is 0.900. The van der Waals surface area contributed by atoms with Gasteiger partial charge in [0.15, 0.2) is 5.96 Å². The Morgan fingerprint density at radius 1 is 1.27 bits per heavy atom. The van der Waals surface area contributed by atoms with Crippen molar-refractivity contribution in [2.75, 3.05) is 36.9 Å². The van der Waals surface area contributed by atoms with Crippen molar-refractivity contribution in [1.82, 2.24) is 10.6 Å². The number of hydrogen-bond donors (Lipinski definition) is 2. The Bertz CT molecular complexity index is 183. The predicted molar refractivity (Wildman–Crippen MR) is 73.2 cm³/mol. The number of thioether (sulfide) groups is 2. The van der Waals surface area contributed by atoms with E-state index in [1.165, 1.54) is 17.3 Å². The SMILES string of the molecule is CCNC(=NCC1CSCCS1)NCC. The summed E-state index contributed by atoms with van der Waals surface area (Å²) in [7, 11) is 0. The van der Waals surface area contributed by atoms with Crippen LogP contribution < -0.4 is 10.6 Å². The van der Waals surface area contributed by atoms with Gasteiger partial charge in [0.2, 0.25) is 0 Å². The molecule has 5 heteroatoms. The van der Waals surface area contributed by atoms with Crippen molar-refractivity contribution in [3.8, 4) is 0 Å². The summed E-state index contributed by atoms with van der Waals surface area (Å²) in [5, 5.41) is 7.20. The van der Waals surface area contributed by atoms with Gasteiger partial charge in [-0.3, -0.25) is 4.99 Å². The summed E-state index contributed by atoms with van der Waals surface area (Å²) in [5.41, 5.74) is 0. The molecule has 1 fully saturated rings. The van der Waals surface area contributed by atoms with Gasteiger partial charge in [0.1, 0.15) is 0 Å². The summed E-state index contributed by atoms with van der Waals surface area (Å²) in [6.07, 6.45) is 0. The molecule has 1 unspecified atom stereocenters. The van der Waals surface area contributed by atoms with Crippen molar-refractivity contribution in [3.63, 3.8) is 0 Å². The molecule has 0 aromatic heterocycles. The molecule has 0 amide bonds. The van der Waals surface area contributed by atoms with Gasteiger partial charge in [0.05, 0.1) is 6.54 Å². The molecule has 15 heavy (non-hydrogen) atoms. The minimum atomic E-state index is 0.705. The number of hydrogen-bond acceptors (Lipinski definition) is 3. The lowest BCUT2D eigenvalue weighted by Gasteiger charge is -2.19. The molecule has 1 heterocycles. The highest BCUT2D eigenvalue weighted by Crippen LogP contribution is 2.23. The number of nitrogens with zero attached hydrogens (tertiary/aromatic N) is 1. The minimum absolute atomic E-state index is 0.705. The second-order valence-electron chi connectivity index (χ2n) is 3.32. The summed E-state index contributed by atoms with van der Waals surface area (Å²) in [5.74, 6) is 4.79. The van der Waals surface area contributed by atoms with E-state index in [0.717, 1.165) is 25.6 Å². The van der Waals surface area contributed by atoms with Crippen molar-refractivity contribution < 1.29 is 0 Å². The highest BCUT2D eigenvalue weighted by Gasteiger charge is 2.13. The van der Waals surface area contributed by atoms with E-state index in [1.807, 2.05) is 0 Å². The molecule has 1 atom stereocenters. The largest absolute Gasteiger partial charge is 0.357 e. The van der Waals surface area contributed by atoms with E-state index in [0.29, 0.717) is 5.25 Å². The molecule has 1 aliphatic rings. The van der Waals surface area contributed by atoms with Gasteiger partial charge in [-0.2, -0.15) is 23.5 Å². The third kappa shape index (κ3) is 5.56. The molecule has 1 rings (SSSR count). The maximum atomic E-state index is 4.59. The van der Waals surface area contributed by atoms with Crippen molar-refractivity contribution in [2.45, 2.75) is 19.1 Å². The first-order valence-corrected chi connectivity index (χ1v) is 7.78. The van der Waals surface area contributed by atoms with E-state index in [9.17, 15) is 0 Å². The van der Waals surface area contributed by atoms with E-state index >= 15 is 0 Å². The Balaban J connectivity index is 2.30. The maximum Gasteiger partial charge on any atom is 0.191 e. The van der Waals surface area contributed by atoms with Gasteiger partial charge < -0.3 is 10.6 Å². The fourth-order valence-electron chi connectivity index (χ4n) is 1.34. The van der Waals surface area contributed by atoms with E-state index < -0.39 is 0 Å². The highest BCUT2D eigenvalue weighted by atomic mass is 32.2. The number of rotatable bonds is 4. The third-order valence-corrected chi connectivity index (χ3v) is 4.85. The zero-order valence-corrected chi connectivity index (χ0v) is 11.2. The second-order valence-corrected chi connectivity index (χ2v) is 5.88. The molecule has 88 valence electrons. The van der Waals surface area contributed by atoms with Crippen LogP contribution in [0.2, 0.25) is 0 Å². The minimum Gasteiger partial charge on any atom is -0.357 e. The lowest BCUT2D eigenvalue weighted by molar-refractivity contribution is 0.832. The molecule has 3 nitrogen and oxygen atoms in total. The molecular formula is C10H21N3S2. The van der Waals surface area contributed by atoms with Crippen LogP contribution in [0.25, 0.3) is 0 Å². The third-order valence-electron chi connectivity index (χ3n) is 2.03. The molecule has 0 spiro atoms. The smallest absolute Gasteiger partial charge is 0.191 e. The van der Waals surface area contributed by atoms with E-state index in [1.54, 1.807) is 0 Å². The van der Waals surface area contributed by atoms with Crippen LogP contribution in [-0.4, -0.2) is 48.1 Å². The normalized spacial score (nSPS) is 20.8. The Morgan fingerprint density at radius 2 is 2.00 bits per heavy atom. The first-order chi connectivity index (χ1) is 7.36.